The van der Waals surface area contributed by atoms with E-state index in [2.05, 4.69) is 9.97 Å². The minimum Gasteiger partial charge on any atom is -0.457 e. The van der Waals surface area contributed by atoms with Gasteiger partial charge in [-0.15, -0.1) is 0 Å². The topological polar surface area (TPSA) is 58.9 Å². The van der Waals surface area contributed by atoms with Crippen molar-refractivity contribution in [3.63, 3.8) is 0 Å². The molecule has 3 aromatic rings. The third-order valence-electron chi connectivity index (χ3n) is 3.22. The predicted octanol–water partition coefficient (Wildman–Crippen LogP) is 4.87. The molecule has 0 spiro atoms. The summed E-state index contributed by atoms with van der Waals surface area (Å²) < 4.78 is 43.6. The molecule has 0 unspecified atom stereocenters. The fraction of sp³-hybridized carbons (Fsp3) is 0.0588. The highest BCUT2D eigenvalue weighted by atomic mass is 35.5. The molecule has 1 aromatic carbocycles. The molecule has 2 heterocycles. The van der Waals surface area contributed by atoms with E-state index in [0.29, 0.717) is 16.5 Å². The number of halogens is 4. The van der Waals surface area contributed by atoms with Gasteiger partial charge in [-0.3, -0.25) is 0 Å². The Bertz CT molecular complexity index is 990. The Morgan fingerprint density at radius 1 is 1.12 bits per heavy atom. The van der Waals surface area contributed by atoms with Crippen molar-refractivity contribution < 1.29 is 17.6 Å². The monoisotopic (exact) mass is 366 g/mol. The number of hydrogen-bond acceptors (Lipinski definition) is 3. The Kier molecular flexibility index (Phi) is 4.50. The Labute approximate surface area is 144 Å². The van der Waals surface area contributed by atoms with Gasteiger partial charge in [0.2, 0.25) is 0 Å². The summed E-state index contributed by atoms with van der Waals surface area (Å²) in [4.78, 5) is 16.4. The molecule has 0 atom stereocenters. The lowest BCUT2D eigenvalue weighted by Gasteiger charge is -2.04. The average Bonchev–Trinajstić information content (AvgIpc) is 3.01. The van der Waals surface area contributed by atoms with Crippen LogP contribution in [0.4, 0.5) is 13.2 Å². The molecule has 0 aliphatic heterocycles. The van der Waals surface area contributed by atoms with E-state index in [-0.39, 0.29) is 5.69 Å². The standard InChI is InChI=1S/C17H10ClF3N2O2/c18-11-3-1-2-10(8-11)14-7-6-13(25-14)5-4-12-9-15(17(19,20)21)23-16(24)22-12/h1-9H,(H,22,23,24). The smallest absolute Gasteiger partial charge is 0.433 e. The van der Waals surface area contributed by atoms with Crippen molar-refractivity contribution in [2.24, 2.45) is 0 Å². The average molecular weight is 367 g/mol. The molecular weight excluding hydrogens is 357 g/mol. The molecular formula is C17H10ClF3N2O2. The van der Waals surface area contributed by atoms with Gasteiger partial charge < -0.3 is 9.40 Å². The molecule has 0 radical (unpaired) electrons. The van der Waals surface area contributed by atoms with Crippen LogP contribution in [0.5, 0.6) is 0 Å². The largest absolute Gasteiger partial charge is 0.457 e. The molecule has 0 amide bonds. The Morgan fingerprint density at radius 2 is 1.92 bits per heavy atom. The highest BCUT2D eigenvalue weighted by Crippen LogP contribution is 2.28. The summed E-state index contributed by atoms with van der Waals surface area (Å²) in [5, 5.41) is 0.556. The van der Waals surface area contributed by atoms with Crippen molar-refractivity contribution in [2.75, 3.05) is 0 Å². The van der Waals surface area contributed by atoms with Crippen LogP contribution in [0.15, 0.2) is 51.7 Å². The number of benzene rings is 1. The fourth-order valence-electron chi connectivity index (χ4n) is 2.12. The van der Waals surface area contributed by atoms with E-state index in [4.69, 9.17) is 16.0 Å². The van der Waals surface area contributed by atoms with Crippen molar-refractivity contribution >= 4 is 23.8 Å². The molecule has 0 fully saturated rings. The first-order valence-electron chi connectivity index (χ1n) is 7.04. The first kappa shape index (κ1) is 17.0. The number of aromatic nitrogens is 2. The van der Waals surface area contributed by atoms with Crippen molar-refractivity contribution in [3.8, 4) is 11.3 Å². The summed E-state index contributed by atoms with van der Waals surface area (Å²) in [5.74, 6) is 0.961. The molecule has 0 aliphatic carbocycles. The molecule has 8 heteroatoms. The Morgan fingerprint density at radius 3 is 2.64 bits per heavy atom. The zero-order chi connectivity index (χ0) is 18.0. The van der Waals surface area contributed by atoms with Gasteiger partial charge in [-0.05, 0) is 42.5 Å². The normalized spacial score (nSPS) is 12.0. The number of furan rings is 1. The number of rotatable bonds is 3. The van der Waals surface area contributed by atoms with Crippen molar-refractivity contribution in [2.45, 2.75) is 6.18 Å². The molecule has 0 bridgehead atoms. The fourth-order valence-corrected chi connectivity index (χ4v) is 2.31. The zero-order valence-corrected chi connectivity index (χ0v) is 13.2. The number of H-pyrrole nitrogens is 1. The molecule has 3 rings (SSSR count). The Balaban J connectivity index is 1.86. The van der Waals surface area contributed by atoms with Gasteiger partial charge in [-0.25, -0.2) is 4.79 Å². The SMILES string of the molecule is O=c1nc(C(F)(F)F)cc(C=Cc2ccc(-c3cccc(Cl)c3)o2)[nH]1. The maximum absolute atomic E-state index is 12.7. The summed E-state index contributed by atoms with van der Waals surface area (Å²) in [7, 11) is 0. The van der Waals surface area contributed by atoms with Gasteiger partial charge in [0.05, 0.1) is 0 Å². The number of alkyl halides is 3. The van der Waals surface area contributed by atoms with Gasteiger partial charge in [0, 0.05) is 16.3 Å². The van der Waals surface area contributed by atoms with Crippen LogP contribution in [0.3, 0.4) is 0 Å². The molecule has 4 nitrogen and oxygen atoms in total. The second-order valence-corrected chi connectivity index (χ2v) is 5.51. The van der Waals surface area contributed by atoms with E-state index >= 15 is 0 Å². The van der Waals surface area contributed by atoms with Crippen LogP contribution in [0.1, 0.15) is 17.1 Å². The number of aromatic amines is 1. The predicted molar refractivity (Wildman–Crippen MR) is 87.9 cm³/mol. The van der Waals surface area contributed by atoms with Crippen molar-refractivity contribution in [1.82, 2.24) is 9.97 Å². The molecule has 0 saturated heterocycles. The molecule has 0 saturated carbocycles. The van der Waals surface area contributed by atoms with Crippen LogP contribution in [0, 0.1) is 0 Å². The maximum atomic E-state index is 12.7. The van der Waals surface area contributed by atoms with Crippen molar-refractivity contribution in [1.29, 1.82) is 0 Å². The van der Waals surface area contributed by atoms with E-state index in [1.807, 2.05) is 6.07 Å². The highest BCUT2D eigenvalue weighted by Gasteiger charge is 2.33. The van der Waals surface area contributed by atoms with Gasteiger partial charge in [0.15, 0.2) is 5.69 Å². The zero-order valence-electron chi connectivity index (χ0n) is 12.5. The van der Waals surface area contributed by atoms with Crippen LogP contribution in [0.25, 0.3) is 23.5 Å². The van der Waals surface area contributed by atoms with E-state index in [1.165, 1.54) is 12.2 Å². The number of nitrogens with one attached hydrogen (secondary N) is 1. The quantitative estimate of drug-likeness (QED) is 0.719. The lowest BCUT2D eigenvalue weighted by molar-refractivity contribution is -0.141. The summed E-state index contributed by atoms with van der Waals surface area (Å²) in [5.41, 5.74) is -1.60. The van der Waals surface area contributed by atoms with Crippen molar-refractivity contribution in [3.05, 3.63) is 75.1 Å². The van der Waals surface area contributed by atoms with Crippen LogP contribution in [-0.4, -0.2) is 9.97 Å². The van der Waals surface area contributed by atoms with Crippen LogP contribution >= 0.6 is 11.6 Å². The molecule has 1 N–H and O–H groups in total. The number of hydrogen-bond donors (Lipinski definition) is 1. The van der Waals surface area contributed by atoms with Crippen LogP contribution < -0.4 is 5.69 Å². The van der Waals surface area contributed by atoms with E-state index in [0.717, 1.165) is 11.6 Å². The van der Waals surface area contributed by atoms with E-state index < -0.39 is 17.6 Å². The molecule has 25 heavy (non-hydrogen) atoms. The maximum Gasteiger partial charge on any atom is 0.433 e. The second-order valence-electron chi connectivity index (χ2n) is 5.07. The minimum atomic E-state index is -4.69. The van der Waals surface area contributed by atoms with Crippen LogP contribution in [-0.2, 0) is 6.18 Å². The van der Waals surface area contributed by atoms with Crippen LogP contribution in [0.2, 0.25) is 5.02 Å². The van der Waals surface area contributed by atoms with E-state index in [1.54, 1.807) is 30.3 Å². The van der Waals surface area contributed by atoms with E-state index in [9.17, 15) is 18.0 Å². The second kappa shape index (κ2) is 6.60. The molecule has 128 valence electrons. The van der Waals surface area contributed by atoms with Gasteiger partial charge in [0.25, 0.3) is 0 Å². The first-order valence-corrected chi connectivity index (χ1v) is 7.41. The summed E-state index contributed by atoms with van der Waals surface area (Å²) in [6.07, 6.45) is -1.94. The highest BCUT2D eigenvalue weighted by molar-refractivity contribution is 6.30. The minimum absolute atomic E-state index is 0.0342. The first-order chi connectivity index (χ1) is 11.8. The lowest BCUT2D eigenvalue weighted by atomic mass is 10.2. The lowest BCUT2D eigenvalue weighted by Crippen LogP contribution is -2.19. The Hall–Kier alpha value is -2.80. The third kappa shape index (κ3) is 4.19. The molecule has 0 aliphatic rings. The third-order valence-corrected chi connectivity index (χ3v) is 3.45. The number of nitrogens with zero attached hydrogens (tertiary/aromatic N) is 1. The van der Waals surface area contributed by atoms with Gasteiger partial charge >= 0.3 is 11.9 Å². The van der Waals surface area contributed by atoms with Gasteiger partial charge in [0.1, 0.15) is 11.5 Å². The summed E-state index contributed by atoms with van der Waals surface area (Å²) >= 11 is 5.92. The summed E-state index contributed by atoms with van der Waals surface area (Å²) in [6.45, 7) is 0. The summed E-state index contributed by atoms with van der Waals surface area (Å²) in [6, 6.07) is 11.2. The molecule has 2 aromatic heterocycles. The van der Waals surface area contributed by atoms with Gasteiger partial charge in [-0.2, -0.15) is 18.2 Å². The van der Waals surface area contributed by atoms with Gasteiger partial charge in [-0.1, -0.05) is 23.7 Å².